The lowest BCUT2D eigenvalue weighted by Crippen LogP contribution is -2.07. The van der Waals surface area contributed by atoms with Crippen molar-refractivity contribution in [3.63, 3.8) is 0 Å². The van der Waals surface area contributed by atoms with Crippen LogP contribution in [0.4, 0.5) is 0 Å². The first-order valence-electron chi connectivity index (χ1n) is 18.1. The summed E-state index contributed by atoms with van der Waals surface area (Å²) in [7, 11) is 0. The van der Waals surface area contributed by atoms with Crippen LogP contribution in [0.5, 0.6) is 0 Å². The minimum absolute atomic E-state index is 0.832. The van der Waals surface area contributed by atoms with Gasteiger partial charge in [-0.1, -0.05) is 152 Å². The smallest absolute Gasteiger partial charge is 0.0822 e. The van der Waals surface area contributed by atoms with E-state index in [4.69, 9.17) is 20.0 Å². The van der Waals surface area contributed by atoms with Crippen molar-refractivity contribution in [2.24, 2.45) is 20.0 Å². The normalized spacial score (nSPS) is 17.3. The third kappa shape index (κ3) is 5.67. The molecule has 0 aromatic heterocycles. The molecule has 5 aliphatic heterocycles. The molecule has 54 heavy (non-hydrogen) atoms. The summed E-state index contributed by atoms with van der Waals surface area (Å²) >= 11 is 0. The number of hydrogen-bond donors (Lipinski definition) is 0. The molecule has 0 spiro atoms. The molecule has 5 aromatic rings. The Morgan fingerprint density at radius 3 is 1.26 bits per heavy atom. The number of hydrogen-bond acceptors (Lipinski definition) is 4. The van der Waals surface area contributed by atoms with Crippen LogP contribution in [0.15, 0.2) is 237 Å². The second-order valence-corrected chi connectivity index (χ2v) is 13.4. The van der Waals surface area contributed by atoms with Crippen LogP contribution in [0.1, 0.15) is 27.8 Å². The number of aliphatic imine (C=N–C) groups is 4. The van der Waals surface area contributed by atoms with E-state index >= 15 is 0 Å². The van der Waals surface area contributed by atoms with Crippen molar-refractivity contribution in [3.8, 4) is 0 Å². The highest BCUT2D eigenvalue weighted by molar-refractivity contribution is 6.54. The molecule has 4 nitrogen and oxygen atoms in total. The lowest BCUT2D eigenvalue weighted by Gasteiger charge is -2.18. The summed E-state index contributed by atoms with van der Waals surface area (Å²) in [6, 6.07) is 53.0. The van der Waals surface area contributed by atoms with E-state index in [1.165, 1.54) is 0 Å². The maximum absolute atomic E-state index is 5.66. The maximum Gasteiger partial charge on any atom is 0.0822 e. The van der Waals surface area contributed by atoms with E-state index in [0.29, 0.717) is 0 Å². The van der Waals surface area contributed by atoms with Crippen LogP contribution < -0.4 is 0 Å². The highest BCUT2D eigenvalue weighted by Gasteiger charge is 2.35. The van der Waals surface area contributed by atoms with Crippen molar-refractivity contribution in [2.75, 3.05) is 0 Å². The van der Waals surface area contributed by atoms with Crippen molar-refractivity contribution in [1.82, 2.24) is 0 Å². The quantitative estimate of drug-likeness (QED) is 0.176. The molecule has 5 aliphatic rings. The first-order valence-corrected chi connectivity index (χ1v) is 18.1. The molecule has 0 unspecified atom stereocenters. The summed E-state index contributed by atoms with van der Waals surface area (Å²) < 4.78 is 0. The average molecular weight is 689 g/mol. The van der Waals surface area contributed by atoms with Crippen LogP contribution in [0.3, 0.4) is 0 Å². The minimum Gasteiger partial charge on any atom is -0.249 e. The first-order chi connectivity index (χ1) is 26.8. The van der Waals surface area contributed by atoms with Crippen LogP contribution in [0.2, 0.25) is 0 Å². The van der Waals surface area contributed by atoms with E-state index in [-0.39, 0.29) is 0 Å². The first kappa shape index (κ1) is 31.4. The fourth-order valence-corrected chi connectivity index (χ4v) is 7.63. The lowest BCUT2D eigenvalue weighted by atomic mass is 9.84. The Kier molecular flexibility index (Phi) is 7.77. The lowest BCUT2D eigenvalue weighted by molar-refractivity contribution is 1.41. The van der Waals surface area contributed by atoms with Gasteiger partial charge in [-0.25, -0.2) is 20.0 Å². The van der Waals surface area contributed by atoms with Crippen LogP contribution in [0.25, 0.3) is 27.9 Å². The number of fused-ring (bicyclic) bond motifs is 4. The van der Waals surface area contributed by atoms with Crippen LogP contribution in [-0.4, -0.2) is 22.8 Å². The monoisotopic (exact) mass is 688 g/mol. The van der Waals surface area contributed by atoms with Crippen molar-refractivity contribution in [1.29, 1.82) is 0 Å². The van der Waals surface area contributed by atoms with Gasteiger partial charge in [-0.05, 0) is 70.3 Å². The molecular weight excluding hydrogens is 657 g/mol. The van der Waals surface area contributed by atoms with Crippen LogP contribution >= 0.6 is 0 Å². The molecule has 10 rings (SSSR count). The third-order valence-electron chi connectivity index (χ3n) is 9.97. The zero-order valence-electron chi connectivity index (χ0n) is 29.3. The molecule has 252 valence electrons. The second kappa shape index (κ2) is 13.4. The van der Waals surface area contributed by atoms with Gasteiger partial charge in [0.1, 0.15) is 0 Å². The standard InChI is InChI=1S/C50H32N4/c1-6-16-33(17-7-1)44-42-31-40-28-26-38(51-40)30-39-27-29-41(52-39)32-43-45(34-18-8-2-9-19-34)47(36-22-12-4-13-23-36)50(54-43)48(37-24-14-5-15-25-37)49(53-42)46(44)35-20-10-3-11-21-35/h1-32H. The van der Waals surface area contributed by atoms with E-state index in [0.717, 1.165) is 101 Å². The Morgan fingerprint density at radius 1 is 0.296 bits per heavy atom. The fraction of sp³-hybridized carbons (Fsp3) is 0. The van der Waals surface area contributed by atoms with Gasteiger partial charge in [-0.2, -0.15) is 0 Å². The molecule has 5 heterocycles. The van der Waals surface area contributed by atoms with Crippen molar-refractivity contribution >= 4 is 50.7 Å². The SMILES string of the molecule is C1=CC2=NC1=CC1=NC(=C(c3ccccc3)C3=NC(=CC4=NC(=C2)C=C4)C(c2ccccc2)=C3c2ccccc2)C(c2ccccc2)=C1c1ccccc1. The summed E-state index contributed by atoms with van der Waals surface area (Å²) in [6.07, 6.45) is 14.4. The van der Waals surface area contributed by atoms with Crippen molar-refractivity contribution < 1.29 is 0 Å². The fourth-order valence-electron chi connectivity index (χ4n) is 7.63. The predicted octanol–water partition coefficient (Wildman–Crippen LogP) is 11.2. The van der Waals surface area contributed by atoms with Gasteiger partial charge in [-0.3, -0.25) is 0 Å². The zero-order valence-corrected chi connectivity index (χ0v) is 29.3. The molecule has 0 N–H and O–H groups in total. The summed E-state index contributed by atoms with van der Waals surface area (Å²) in [6.45, 7) is 0. The van der Waals surface area contributed by atoms with E-state index < -0.39 is 0 Å². The zero-order chi connectivity index (χ0) is 35.8. The van der Waals surface area contributed by atoms with Gasteiger partial charge in [-0.15, -0.1) is 0 Å². The molecular formula is C50H32N4. The van der Waals surface area contributed by atoms with Gasteiger partial charge in [0.15, 0.2) is 0 Å². The minimum atomic E-state index is 0.832. The molecule has 0 saturated carbocycles. The summed E-state index contributed by atoms with van der Waals surface area (Å²) in [5, 5.41) is 0. The Bertz CT molecular complexity index is 2730. The van der Waals surface area contributed by atoms with E-state index in [1.807, 2.05) is 18.2 Å². The summed E-state index contributed by atoms with van der Waals surface area (Å²) in [5.74, 6) is 0. The van der Waals surface area contributed by atoms with Gasteiger partial charge in [0.25, 0.3) is 0 Å². The molecule has 5 aromatic carbocycles. The number of allylic oxidation sites excluding steroid dienone is 12. The maximum atomic E-state index is 5.66. The summed E-state index contributed by atoms with van der Waals surface area (Å²) in [5.41, 5.74) is 17.2. The Morgan fingerprint density at radius 2 is 0.722 bits per heavy atom. The molecule has 0 atom stereocenters. The van der Waals surface area contributed by atoms with Crippen LogP contribution in [0, 0.1) is 0 Å². The molecule has 4 heteroatoms. The van der Waals surface area contributed by atoms with E-state index in [9.17, 15) is 0 Å². The topological polar surface area (TPSA) is 49.4 Å². The van der Waals surface area contributed by atoms with Gasteiger partial charge in [0.05, 0.1) is 45.6 Å². The average Bonchev–Trinajstić information content (AvgIpc) is 4.03. The highest BCUT2D eigenvalue weighted by Crippen LogP contribution is 2.49. The molecule has 0 saturated heterocycles. The van der Waals surface area contributed by atoms with Crippen molar-refractivity contribution in [3.05, 3.63) is 245 Å². The van der Waals surface area contributed by atoms with Gasteiger partial charge in [0, 0.05) is 27.9 Å². The number of benzene rings is 5. The predicted molar refractivity (Wildman–Crippen MR) is 225 cm³/mol. The van der Waals surface area contributed by atoms with Gasteiger partial charge >= 0.3 is 0 Å². The Labute approximate surface area is 314 Å². The van der Waals surface area contributed by atoms with Crippen molar-refractivity contribution in [2.45, 2.75) is 0 Å². The Balaban J connectivity index is 1.39. The largest absolute Gasteiger partial charge is 0.249 e. The van der Waals surface area contributed by atoms with E-state index in [2.05, 4.69) is 176 Å². The number of nitrogens with zero attached hydrogens (tertiary/aromatic N) is 4. The number of rotatable bonds is 5. The third-order valence-corrected chi connectivity index (χ3v) is 9.97. The molecule has 0 amide bonds. The van der Waals surface area contributed by atoms with Gasteiger partial charge < -0.3 is 0 Å². The molecule has 8 bridgehead atoms. The Hall–Kier alpha value is -7.30. The molecule has 0 fully saturated rings. The van der Waals surface area contributed by atoms with E-state index in [1.54, 1.807) is 0 Å². The highest BCUT2D eigenvalue weighted by atomic mass is 14.9. The summed E-state index contributed by atoms with van der Waals surface area (Å²) in [4.78, 5) is 21.4. The molecule has 0 aliphatic carbocycles. The van der Waals surface area contributed by atoms with Gasteiger partial charge in [0.2, 0.25) is 0 Å². The van der Waals surface area contributed by atoms with Crippen LogP contribution in [-0.2, 0) is 0 Å². The second-order valence-electron chi connectivity index (χ2n) is 13.4. The molecule has 0 radical (unpaired) electrons.